The highest BCUT2D eigenvalue weighted by Gasteiger charge is 2.33. The largest absolute Gasteiger partial charge is 0.222 e. The number of pyridine rings is 1. The maximum Gasteiger partial charge on any atom is 0.222 e. The minimum absolute atomic E-state index is 0.262. The van der Waals surface area contributed by atoms with E-state index in [0.29, 0.717) is 5.92 Å². The Kier molecular flexibility index (Phi) is 6.51. The van der Waals surface area contributed by atoms with Crippen LogP contribution >= 0.6 is 11.8 Å². The van der Waals surface area contributed by atoms with Crippen LogP contribution in [0.5, 0.6) is 0 Å². The smallest absolute Gasteiger partial charge is 0.200 e. The third-order valence-corrected chi connectivity index (χ3v) is 11.7. The summed E-state index contributed by atoms with van der Waals surface area (Å²) in [5.41, 5.74) is 7.49. The lowest BCUT2D eigenvalue weighted by molar-refractivity contribution is -0.659. The van der Waals surface area contributed by atoms with Crippen molar-refractivity contribution in [1.82, 2.24) is 0 Å². The van der Waals surface area contributed by atoms with Gasteiger partial charge in [0.05, 0.1) is 19.0 Å². The van der Waals surface area contributed by atoms with Crippen molar-refractivity contribution in [3.8, 4) is 11.3 Å². The van der Waals surface area contributed by atoms with Gasteiger partial charge in [0.25, 0.3) is 0 Å². The van der Waals surface area contributed by atoms with Gasteiger partial charge in [0.15, 0.2) is 6.20 Å². The van der Waals surface area contributed by atoms with E-state index >= 15 is 0 Å². The van der Waals surface area contributed by atoms with Gasteiger partial charge in [-0.15, -0.1) is 0 Å². The van der Waals surface area contributed by atoms with Gasteiger partial charge in [0.1, 0.15) is 7.05 Å². The van der Waals surface area contributed by atoms with Gasteiger partial charge < -0.3 is 0 Å². The Morgan fingerprint density at radius 1 is 0.900 bits per heavy atom. The van der Waals surface area contributed by atoms with Crippen molar-refractivity contribution in [3.05, 3.63) is 71.4 Å². The molecule has 2 heterocycles. The first kappa shape index (κ1) is 27.5. The van der Waals surface area contributed by atoms with E-state index < -0.39 is 8.07 Å². The summed E-state index contributed by atoms with van der Waals surface area (Å²) in [6.07, 6.45) is 4.49. The standard InChI is InChI=1S/C37H44NSSi/c1-22(2)18-29-26-15-14-24(21-37(4,5)6)19-28(26)23(3)32-35-34-27(16-17-38(35)7)33-25(20-30(34)39-36(29)32)12-11-13-31(33)40(8,9)10/h11-17,19-20,22H,18,21H2,1-10H3/q+1. The van der Waals surface area contributed by atoms with Crippen molar-refractivity contribution in [2.24, 2.45) is 18.4 Å². The molecule has 3 heteroatoms. The van der Waals surface area contributed by atoms with E-state index in [2.05, 4.69) is 128 Å². The molecule has 6 rings (SSSR count). The van der Waals surface area contributed by atoms with Crippen molar-refractivity contribution in [3.63, 3.8) is 0 Å². The Morgan fingerprint density at radius 3 is 2.33 bits per heavy atom. The van der Waals surface area contributed by atoms with Crippen LogP contribution in [0.15, 0.2) is 64.5 Å². The first-order chi connectivity index (χ1) is 18.7. The van der Waals surface area contributed by atoms with E-state index in [1.807, 2.05) is 11.8 Å². The number of hydrogen-bond donors (Lipinski definition) is 0. The number of fused-ring (bicyclic) bond motifs is 5. The highest BCUT2D eigenvalue weighted by Crippen LogP contribution is 2.53. The molecular formula is C37H44NSSi+. The third-order valence-electron chi connectivity index (χ3n) is 8.52. The predicted octanol–water partition coefficient (Wildman–Crippen LogP) is 9.74. The maximum atomic E-state index is 2.50. The summed E-state index contributed by atoms with van der Waals surface area (Å²) in [4.78, 5) is 2.88. The van der Waals surface area contributed by atoms with Gasteiger partial charge in [0.2, 0.25) is 5.69 Å². The predicted molar refractivity (Wildman–Crippen MR) is 179 cm³/mol. The second kappa shape index (κ2) is 9.46. The van der Waals surface area contributed by atoms with Crippen molar-refractivity contribution in [1.29, 1.82) is 0 Å². The molecule has 1 nitrogen and oxygen atoms in total. The quantitative estimate of drug-likeness (QED) is 0.117. The number of hydrogen-bond acceptors (Lipinski definition) is 1. The minimum Gasteiger partial charge on any atom is -0.200 e. The Labute approximate surface area is 246 Å². The first-order valence-corrected chi connectivity index (χ1v) is 19.2. The molecular weight excluding hydrogens is 519 g/mol. The zero-order valence-corrected chi connectivity index (χ0v) is 27.9. The van der Waals surface area contributed by atoms with E-state index in [1.165, 1.54) is 70.1 Å². The molecule has 0 spiro atoms. The molecule has 0 amide bonds. The zero-order chi connectivity index (χ0) is 28.7. The van der Waals surface area contributed by atoms with Gasteiger partial charge in [0, 0.05) is 21.2 Å². The van der Waals surface area contributed by atoms with E-state index in [0.717, 1.165) is 12.8 Å². The normalized spacial score (nSPS) is 13.6. The van der Waals surface area contributed by atoms with Crippen LogP contribution in [0.3, 0.4) is 0 Å². The van der Waals surface area contributed by atoms with Gasteiger partial charge in [-0.1, -0.05) is 108 Å². The van der Waals surface area contributed by atoms with Crippen molar-refractivity contribution in [2.45, 2.75) is 83.8 Å². The molecule has 0 saturated carbocycles. The summed E-state index contributed by atoms with van der Waals surface area (Å²) in [6.45, 7) is 21.6. The van der Waals surface area contributed by atoms with E-state index in [-0.39, 0.29) is 5.41 Å². The topological polar surface area (TPSA) is 3.88 Å². The average Bonchev–Trinajstić information content (AvgIpc) is 2.85. The fourth-order valence-corrected chi connectivity index (χ4v) is 9.91. The average molecular weight is 563 g/mol. The molecule has 1 aliphatic heterocycles. The van der Waals surface area contributed by atoms with Crippen LogP contribution in [0.2, 0.25) is 19.6 Å². The summed E-state index contributed by atoms with van der Waals surface area (Å²) in [5, 5.41) is 10.1. The molecule has 206 valence electrons. The summed E-state index contributed by atoms with van der Waals surface area (Å²) < 4.78 is 2.39. The van der Waals surface area contributed by atoms with Gasteiger partial charge in [-0.3, -0.25) is 0 Å². The molecule has 4 aromatic carbocycles. The summed E-state index contributed by atoms with van der Waals surface area (Å²) in [6, 6.07) is 19.2. The molecule has 0 atom stereocenters. The van der Waals surface area contributed by atoms with Crippen LogP contribution in [-0.4, -0.2) is 8.07 Å². The van der Waals surface area contributed by atoms with Crippen LogP contribution in [0, 0.1) is 18.3 Å². The molecule has 0 N–H and O–H groups in total. The first-order valence-electron chi connectivity index (χ1n) is 14.9. The van der Waals surface area contributed by atoms with Crippen molar-refractivity contribution in [2.75, 3.05) is 0 Å². The van der Waals surface area contributed by atoms with Crippen LogP contribution in [0.1, 0.15) is 51.3 Å². The zero-order valence-electron chi connectivity index (χ0n) is 26.0. The Balaban J connectivity index is 1.76. The van der Waals surface area contributed by atoms with E-state index in [1.54, 1.807) is 5.19 Å². The van der Waals surface area contributed by atoms with Crippen LogP contribution in [-0.2, 0) is 19.9 Å². The number of aryl methyl sites for hydroxylation is 2. The molecule has 0 aliphatic carbocycles. The highest BCUT2D eigenvalue weighted by molar-refractivity contribution is 8.00. The molecule has 0 unspecified atom stereocenters. The molecule has 0 saturated heterocycles. The van der Waals surface area contributed by atoms with Gasteiger partial charge in [-0.25, -0.2) is 4.57 Å². The lowest BCUT2D eigenvalue weighted by Crippen LogP contribution is -2.38. The number of benzene rings is 4. The van der Waals surface area contributed by atoms with Crippen LogP contribution < -0.4 is 9.75 Å². The summed E-state index contributed by atoms with van der Waals surface area (Å²) in [5.74, 6) is 0.590. The fourth-order valence-electron chi connectivity index (χ4n) is 6.90. The highest BCUT2D eigenvalue weighted by atomic mass is 32.2. The Bertz CT molecular complexity index is 1830. The molecule has 40 heavy (non-hydrogen) atoms. The number of rotatable bonds is 4. The van der Waals surface area contributed by atoms with Gasteiger partial charge in [-0.05, 0) is 75.4 Å². The number of aromatic nitrogens is 1. The fraction of sp³-hybridized carbons (Fsp3) is 0.378. The SMILES string of the molecule is Cc1c2c(c(CC(C)C)c3ccc(CC(C)(C)C)cc13)Sc1cc3cccc([Si](C)(C)C)c3c3cc[n+](C)c-2c13. The van der Waals surface area contributed by atoms with Gasteiger partial charge >= 0.3 is 0 Å². The molecule has 0 bridgehead atoms. The van der Waals surface area contributed by atoms with Crippen molar-refractivity contribution < 1.29 is 4.57 Å². The maximum absolute atomic E-state index is 2.50. The van der Waals surface area contributed by atoms with E-state index in [9.17, 15) is 0 Å². The molecule has 5 aromatic rings. The van der Waals surface area contributed by atoms with Crippen LogP contribution in [0.4, 0.5) is 0 Å². The molecule has 1 aliphatic rings. The molecule has 1 aromatic heterocycles. The lowest BCUT2D eigenvalue weighted by Gasteiger charge is -2.27. The Morgan fingerprint density at radius 2 is 1.65 bits per heavy atom. The second-order valence-electron chi connectivity index (χ2n) is 14.7. The molecule has 0 radical (unpaired) electrons. The number of nitrogens with zero attached hydrogens (tertiary/aromatic N) is 1. The van der Waals surface area contributed by atoms with Gasteiger partial charge in [-0.2, -0.15) is 0 Å². The Hall–Kier alpha value is -2.62. The molecule has 0 fully saturated rings. The lowest BCUT2D eigenvalue weighted by atomic mass is 9.84. The minimum atomic E-state index is -1.54. The monoisotopic (exact) mass is 562 g/mol. The van der Waals surface area contributed by atoms with Crippen LogP contribution in [0.25, 0.3) is 43.6 Å². The summed E-state index contributed by atoms with van der Waals surface area (Å²) in [7, 11) is 0.703. The third kappa shape index (κ3) is 4.50. The summed E-state index contributed by atoms with van der Waals surface area (Å²) >= 11 is 2.02. The second-order valence-corrected chi connectivity index (χ2v) is 20.8. The van der Waals surface area contributed by atoms with E-state index in [4.69, 9.17) is 0 Å². The van der Waals surface area contributed by atoms with Crippen molar-refractivity contribution >= 4 is 57.3 Å².